The molecule has 1 N–H and O–H groups in total. The summed E-state index contributed by atoms with van der Waals surface area (Å²) in [6.07, 6.45) is 5.12. The SMILES string of the molecule is Cc1cc(C)c2c(-n3cccc3)nn(CCCC(=O)NCc3ccc(N(C)C)cc3)c2n1. The van der Waals surface area contributed by atoms with Crippen molar-refractivity contribution in [2.45, 2.75) is 39.8 Å². The topological polar surface area (TPSA) is 68.0 Å². The molecule has 0 spiro atoms. The Kier molecular flexibility index (Phi) is 6.25. The minimum Gasteiger partial charge on any atom is -0.378 e. The zero-order valence-corrected chi connectivity index (χ0v) is 19.2. The lowest BCUT2D eigenvalue weighted by Crippen LogP contribution is -2.23. The van der Waals surface area contributed by atoms with Crippen LogP contribution in [0.25, 0.3) is 16.9 Å². The Morgan fingerprint density at radius 2 is 1.81 bits per heavy atom. The van der Waals surface area contributed by atoms with Crippen molar-refractivity contribution < 1.29 is 4.79 Å². The van der Waals surface area contributed by atoms with Crippen LogP contribution in [0.1, 0.15) is 29.7 Å². The zero-order valence-electron chi connectivity index (χ0n) is 19.2. The molecule has 0 aliphatic heterocycles. The Balaban J connectivity index is 1.39. The van der Waals surface area contributed by atoms with Crippen molar-refractivity contribution >= 4 is 22.6 Å². The first kappa shape index (κ1) is 21.6. The van der Waals surface area contributed by atoms with Crippen molar-refractivity contribution in [3.05, 3.63) is 71.7 Å². The van der Waals surface area contributed by atoms with E-state index in [0.717, 1.165) is 39.4 Å². The van der Waals surface area contributed by atoms with Crippen LogP contribution < -0.4 is 10.2 Å². The van der Waals surface area contributed by atoms with Crippen LogP contribution in [-0.2, 0) is 17.9 Å². The average Bonchev–Trinajstić information content (AvgIpc) is 3.41. The summed E-state index contributed by atoms with van der Waals surface area (Å²) in [4.78, 5) is 19.2. The molecule has 0 radical (unpaired) electrons. The fourth-order valence-electron chi connectivity index (χ4n) is 3.89. The maximum absolute atomic E-state index is 12.4. The van der Waals surface area contributed by atoms with E-state index < -0.39 is 0 Å². The van der Waals surface area contributed by atoms with Crippen molar-refractivity contribution in [3.8, 4) is 5.82 Å². The summed E-state index contributed by atoms with van der Waals surface area (Å²) in [6.45, 7) is 5.26. The van der Waals surface area contributed by atoms with E-state index in [4.69, 9.17) is 10.1 Å². The largest absolute Gasteiger partial charge is 0.378 e. The van der Waals surface area contributed by atoms with Gasteiger partial charge in [0, 0.05) is 57.4 Å². The number of amides is 1. The van der Waals surface area contributed by atoms with E-state index >= 15 is 0 Å². The van der Waals surface area contributed by atoms with Crippen molar-refractivity contribution in [2.24, 2.45) is 0 Å². The number of fused-ring (bicyclic) bond motifs is 1. The number of aromatic nitrogens is 4. The fraction of sp³-hybridized carbons (Fsp3) is 0.320. The number of hydrogen-bond donors (Lipinski definition) is 1. The highest BCUT2D eigenvalue weighted by molar-refractivity contribution is 5.87. The Morgan fingerprint density at radius 1 is 1.09 bits per heavy atom. The molecule has 0 aliphatic rings. The number of benzene rings is 1. The van der Waals surface area contributed by atoms with Gasteiger partial charge in [-0.2, -0.15) is 5.10 Å². The number of pyridine rings is 1. The first-order valence-electron chi connectivity index (χ1n) is 10.9. The number of anilines is 1. The summed E-state index contributed by atoms with van der Waals surface area (Å²) in [5, 5.41) is 8.90. The quantitative estimate of drug-likeness (QED) is 0.459. The number of nitrogens with zero attached hydrogens (tertiary/aromatic N) is 5. The van der Waals surface area contributed by atoms with Gasteiger partial charge in [-0.3, -0.25) is 4.79 Å². The monoisotopic (exact) mass is 430 g/mol. The number of aryl methyl sites for hydroxylation is 3. The first-order chi connectivity index (χ1) is 15.4. The van der Waals surface area contributed by atoms with E-state index in [0.29, 0.717) is 25.9 Å². The van der Waals surface area contributed by atoms with Crippen LogP contribution >= 0.6 is 0 Å². The van der Waals surface area contributed by atoms with Crippen molar-refractivity contribution in [3.63, 3.8) is 0 Å². The van der Waals surface area contributed by atoms with Crippen molar-refractivity contribution in [2.75, 3.05) is 19.0 Å². The Bertz CT molecular complexity index is 1210. The first-order valence-corrected chi connectivity index (χ1v) is 10.9. The minimum atomic E-state index is 0.0455. The van der Waals surface area contributed by atoms with Crippen LogP contribution in [0.5, 0.6) is 0 Å². The Labute approximate surface area is 188 Å². The molecule has 1 amide bonds. The smallest absolute Gasteiger partial charge is 0.220 e. The van der Waals surface area contributed by atoms with Gasteiger partial charge in [0.2, 0.25) is 5.91 Å². The van der Waals surface area contributed by atoms with E-state index in [2.05, 4.69) is 35.3 Å². The molecule has 4 rings (SSSR count). The van der Waals surface area contributed by atoms with Gasteiger partial charge < -0.3 is 14.8 Å². The van der Waals surface area contributed by atoms with E-state index in [1.54, 1.807) is 0 Å². The van der Waals surface area contributed by atoms with Gasteiger partial charge in [0.1, 0.15) is 0 Å². The molecular weight excluding hydrogens is 400 g/mol. The van der Waals surface area contributed by atoms with E-state index in [1.807, 2.05) is 66.9 Å². The van der Waals surface area contributed by atoms with Gasteiger partial charge in [-0.15, -0.1) is 0 Å². The van der Waals surface area contributed by atoms with Crippen LogP contribution in [0, 0.1) is 13.8 Å². The summed E-state index contributed by atoms with van der Waals surface area (Å²) < 4.78 is 3.94. The normalized spacial score (nSPS) is 11.1. The second-order valence-electron chi connectivity index (χ2n) is 8.36. The molecule has 0 saturated carbocycles. The van der Waals surface area contributed by atoms with Gasteiger partial charge in [0.05, 0.1) is 5.39 Å². The molecule has 0 saturated heterocycles. The number of carbonyl (C=O) groups excluding carboxylic acids is 1. The molecule has 3 aromatic heterocycles. The molecule has 0 fully saturated rings. The second-order valence-corrected chi connectivity index (χ2v) is 8.36. The molecule has 166 valence electrons. The van der Waals surface area contributed by atoms with Gasteiger partial charge in [-0.05, 0) is 61.7 Å². The molecule has 1 aromatic carbocycles. The zero-order chi connectivity index (χ0) is 22.7. The minimum absolute atomic E-state index is 0.0455. The molecule has 4 aromatic rings. The van der Waals surface area contributed by atoms with Crippen LogP contribution in [0.2, 0.25) is 0 Å². The van der Waals surface area contributed by atoms with Crippen LogP contribution in [0.3, 0.4) is 0 Å². The number of carbonyl (C=O) groups is 1. The van der Waals surface area contributed by atoms with E-state index in [1.165, 1.54) is 0 Å². The molecule has 3 heterocycles. The Hall–Kier alpha value is -3.61. The predicted octanol–water partition coefficient (Wildman–Crippen LogP) is 4.00. The molecule has 7 heteroatoms. The highest BCUT2D eigenvalue weighted by Gasteiger charge is 2.16. The molecule has 0 unspecified atom stereocenters. The summed E-state index contributed by atoms with van der Waals surface area (Å²) in [5.74, 6) is 0.921. The highest BCUT2D eigenvalue weighted by atomic mass is 16.1. The summed E-state index contributed by atoms with van der Waals surface area (Å²) in [6, 6.07) is 14.3. The van der Waals surface area contributed by atoms with Crippen molar-refractivity contribution in [1.29, 1.82) is 0 Å². The fourth-order valence-corrected chi connectivity index (χ4v) is 3.89. The van der Waals surface area contributed by atoms with Crippen LogP contribution in [-0.4, -0.2) is 39.3 Å². The lowest BCUT2D eigenvalue weighted by Gasteiger charge is -2.13. The van der Waals surface area contributed by atoms with E-state index in [-0.39, 0.29) is 5.91 Å². The molecule has 0 atom stereocenters. The summed E-state index contributed by atoms with van der Waals surface area (Å²) in [7, 11) is 4.03. The van der Waals surface area contributed by atoms with Crippen LogP contribution in [0.4, 0.5) is 5.69 Å². The second kappa shape index (κ2) is 9.26. The van der Waals surface area contributed by atoms with Gasteiger partial charge in [0.25, 0.3) is 0 Å². The maximum atomic E-state index is 12.4. The van der Waals surface area contributed by atoms with Crippen molar-refractivity contribution in [1.82, 2.24) is 24.6 Å². The third-order valence-corrected chi connectivity index (χ3v) is 5.57. The number of hydrogen-bond acceptors (Lipinski definition) is 4. The van der Waals surface area contributed by atoms with Gasteiger partial charge in [-0.1, -0.05) is 12.1 Å². The highest BCUT2D eigenvalue weighted by Crippen LogP contribution is 2.25. The van der Waals surface area contributed by atoms with Gasteiger partial charge >= 0.3 is 0 Å². The molecular formula is C25H30N6O. The van der Waals surface area contributed by atoms with E-state index in [9.17, 15) is 4.79 Å². The third-order valence-electron chi connectivity index (χ3n) is 5.57. The molecule has 32 heavy (non-hydrogen) atoms. The summed E-state index contributed by atoms with van der Waals surface area (Å²) >= 11 is 0. The third kappa shape index (κ3) is 4.66. The number of rotatable bonds is 8. The van der Waals surface area contributed by atoms with Gasteiger partial charge in [0.15, 0.2) is 11.5 Å². The van der Waals surface area contributed by atoms with Gasteiger partial charge in [-0.25, -0.2) is 9.67 Å². The Morgan fingerprint density at radius 3 is 2.50 bits per heavy atom. The predicted molar refractivity (Wildman–Crippen MR) is 128 cm³/mol. The lowest BCUT2D eigenvalue weighted by atomic mass is 10.1. The molecule has 7 nitrogen and oxygen atoms in total. The summed E-state index contributed by atoms with van der Waals surface area (Å²) in [5.41, 5.74) is 5.22. The number of nitrogens with one attached hydrogen (secondary N) is 1. The lowest BCUT2D eigenvalue weighted by molar-refractivity contribution is -0.121. The standard InChI is InChI=1S/C25H30N6O/c1-18-16-19(2)27-24-23(18)25(30-13-5-6-14-30)28-31(24)15-7-8-22(32)26-17-20-9-11-21(12-10-20)29(3)4/h5-6,9-14,16H,7-8,15,17H2,1-4H3,(H,26,32). The molecule has 0 bridgehead atoms. The molecule has 0 aliphatic carbocycles. The average molecular weight is 431 g/mol. The van der Waals surface area contributed by atoms with Crippen LogP contribution in [0.15, 0.2) is 54.9 Å². The maximum Gasteiger partial charge on any atom is 0.220 e.